The van der Waals surface area contributed by atoms with Crippen molar-refractivity contribution in [1.29, 1.82) is 0 Å². The van der Waals surface area contributed by atoms with E-state index < -0.39 is 23.2 Å². The van der Waals surface area contributed by atoms with E-state index in [0.29, 0.717) is 54.9 Å². The highest BCUT2D eigenvalue weighted by Gasteiger charge is 2.50. The van der Waals surface area contributed by atoms with Crippen LogP contribution in [-0.2, 0) is 17.5 Å². The van der Waals surface area contributed by atoms with Crippen LogP contribution in [-0.4, -0.2) is 76.3 Å². The highest BCUT2D eigenvalue weighted by Crippen LogP contribution is 2.52. The number of thioether (sulfide) groups is 1. The van der Waals surface area contributed by atoms with Gasteiger partial charge >= 0.3 is 11.9 Å². The molecule has 0 N–H and O–H groups in total. The molecule has 0 bridgehead atoms. The van der Waals surface area contributed by atoms with Crippen molar-refractivity contribution in [2.45, 2.75) is 36.5 Å². The van der Waals surface area contributed by atoms with Crippen molar-refractivity contribution in [2.24, 2.45) is 5.41 Å². The minimum absolute atomic E-state index is 0.0397. The molecule has 3 aromatic rings. The van der Waals surface area contributed by atoms with Crippen molar-refractivity contribution >= 4 is 34.4 Å². The zero-order valence-electron chi connectivity index (χ0n) is 22.8. The van der Waals surface area contributed by atoms with E-state index in [1.54, 1.807) is 14.4 Å². The van der Waals surface area contributed by atoms with Gasteiger partial charge in [-0.1, -0.05) is 18.7 Å². The average Bonchev–Trinajstić information content (AvgIpc) is 3.80. The van der Waals surface area contributed by atoms with Gasteiger partial charge in [0.2, 0.25) is 5.91 Å². The summed E-state index contributed by atoms with van der Waals surface area (Å²) in [5.41, 5.74) is -0.967. The van der Waals surface area contributed by atoms with Crippen LogP contribution in [0.1, 0.15) is 18.4 Å². The monoisotopic (exact) mass is 599 g/mol. The number of alkyl halides is 3. The summed E-state index contributed by atoms with van der Waals surface area (Å²) in [5.74, 6) is -0.0156. The van der Waals surface area contributed by atoms with Gasteiger partial charge in [-0.3, -0.25) is 14.3 Å². The lowest BCUT2D eigenvalue weighted by molar-refractivity contribution is -0.137. The number of carbonyl (C=O) groups excluding carboxylic acids is 1. The summed E-state index contributed by atoms with van der Waals surface area (Å²) in [6.45, 7) is 6.76. The number of hydrogen-bond donors (Lipinski definition) is 0. The van der Waals surface area contributed by atoms with E-state index in [1.807, 2.05) is 0 Å². The fourth-order valence-corrected chi connectivity index (χ4v) is 8.08. The van der Waals surface area contributed by atoms with E-state index in [-0.39, 0.29) is 33.7 Å². The van der Waals surface area contributed by atoms with Gasteiger partial charge in [-0.15, -0.1) is 11.8 Å². The molecule has 0 atom stereocenters. The molecule has 1 spiro atoms. The molecule has 1 saturated carbocycles. The molecule has 1 amide bonds. The largest absolute Gasteiger partial charge is 0.417 e. The zero-order valence-corrected chi connectivity index (χ0v) is 23.6. The molecule has 1 aromatic heterocycles. The van der Waals surface area contributed by atoms with Crippen LogP contribution in [0.25, 0.3) is 22.0 Å². The van der Waals surface area contributed by atoms with E-state index in [1.165, 1.54) is 30.0 Å². The summed E-state index contributed by atoms with van der Waals surface area (Å²) in [7, 11) is 0. The second-order valence-electron chi connectivity index (χ2n) is 11.8. The quantitative estimate of drug-likeness (QED) is 0.322. The van der Waals surface area contributed by atoms with Crippen molar-refractivity contribution in [2.75, 3.05) is 49.9 Å². The van der Waals surface area contributed by atoms with Crippen LogP contribution in [0, 0.1) is 11.2 Å². The van der Waals surface area contributed by atoms with Crippen molar-refractivity contribution in [3.8, 4) is 11.1 Å². The van der Waals surface area contributed by atoms with Crippen LogP contribution in [0.15, 0.2) is 52.7 Å². The smallest absolute Gasteiger partial charge is 0.352 e. The molecule has 42 heavy (non-hydrogen) atoms. The number of likely N-dealkylation sites (tertiary alicyclic amines) is 1. The standard InChI is InChI=1S/C30H29F4N5O2S/c1-2-23(40)36-9-11-37(12-10-36)27-21-13-22(30(32,33)34)24(18-3-5-19(31)6-4-18)26-25(21)39(28(41)35-27)16-29(17-42-26)14-38(15-29)20-7-8-20/h2-6,13,20H,1,7-12,14-17H2. The van der Waals surface area contributed by atoms with E-state index in [0.717, 1.165) is 44.1 Å². The van der Waals surface area contributed by atoms with Gasteiger partial charge in [0.1, 0.15) is 11.6 Å². The number of aromatic nitrogens is 2. The third-order valence-electron chi connectivity index (χ3n) is 8.86. The van der Waals surface area contributed by atoms with Crippen molar-refractivity contribution in [3.63, 3.8) is 0 Å². The molecule has 3 aliphatic heterocycles. The number of rotatable bonds is 4. The maximum absolute atomic E-state index is 14.8. The minimum Gasteiger partial charge on any atom is -0.352 e. The van der Waals surface area contributed by atoms with Gasteiger partial charge in [-0.25, -0.2) is 9.18 Å². The molecule has 0 unspecified atom stereocenters. The topological polar surface area (TPSA) is 61.7 Å². The number of benzene rings is 2. The molecule has 220 valence electrons. The molecular weight excluding hydrogens is 570 g/mol. The van der Waals surface area contributed by atoms with E-state index in [9.17, 15) is 27.2 Å². The molecule has 4 aliphatic rings. The van der Waals surface area contributed by atoms with Crippen LogP contribution >= 0.6 is 11.8 Å². The fraction of sp³-hybridized carbons (Fsp3) is 0.433. The van der Waals surface area contributed by atoms with Crippen LogP contribution in [0.3, 0.4) is 0 Å². The number of carbonyl (C=O) groups is 1. The van der Waals surface area contributed by atoms with Gasteiger partial charge in [-0.2, -0.15) is 18.2 Å². The number of nitrogens with zero attached hydrogens (tertiary/aromatic N) is 5. The molecular formula is C30H29F4N5O2S. The average molecular weight is 600 g/mol. The van der Waals surface area contributed by atoms with Crippen molar-refractivity contribution in [1.82, 2.24) is 19.4 Å². The van der Waals surface area contributed by atoms with E-state index in [2.05, 4.69) is 16.5 Å². The third-order valence-corrected chi connectivity index (χ3v) is 10.3. The molecule has 7 nitrogen and oxygen atoms in total. The van der Waals surface area contributed by atoms with Gasteiger partial charge in [0.05, 0.1) is 11.1 Å². The van der Waals surface area contributed by atoms with Crippen LogP contribution in [0.2, 0.25) is 0 Å². The Labute approximate surface area is 243 Å². The third kappa shape index (κ3) is 4.59. The summed E-state index contributed by atoms with van der Waals surface area (Å²) in [4.78, 5) is 36.5. The summed E-state index contributed by atoms with van der Waals surface area (Å²) in [5, 5.41) is 0.259. The van der Waals surface area contributed by atoms with E-state index >= 15 is 0 Å². The van der Waals surface area contributed by atoms with E-state index in [4.69, 9.17) is 0 Å². The highest BCUT2D eigenvalue weighted by atomic mass is 32.2. The molecule has 12 heteroatoms. The maximum atomic E-state index is 14.8. The molecule has 7 rings (SSSR count). The van der Waals surface area contributed by atoms with Gasteiger partial charge < -0.3 is 9.80 Å². The lowest BCUT2D eigenvalue weighted by Crippen LogP contribution is -2.60. The predicted octanol–water partition coefficient (Wildman–Crippen LogP) is 4.63. The summed E-state index contributed by atoms with van der Waals surface area (Å²) in [6.07, 6.45) is -1.18. The predicted molar refractivity (Wildman–Crippen MR) is 153 cm³/mol. The lowest BCUT2D eigenvalue weighted by atomic mass is 9.81. The molecule has 4 heterocycles. The number of halogens is 4. The van der Waals surface area contributed by atoms with Crippen LogP contribution in [0.4, 0.5) is 23.4 Å². The first-order valence-electron chi connectivity index (χ1n) is 14.0. The summed E-state index contributed by atoms with van der Waals surface area (Å²) >= 11 is 1.36. The minimum atomic E-state index is -4.72. The Morgan fingerprint density at radius 1 is 1.07 bits per heavy atom. The Kier molecular flexibility index (Phi) is 6.43. The Morgan fingerprint density at radius 2 is 1.76 bits per heavy atom. The highest BCUT2D eigenvalue weighted by molar-refractivity contribution is 7.99. The molecule has 2 aromatic carbocycles. The summed E-state index contributed by atoms with van der Waals surface area (Å²) < 4.78 is 60.0. The Balaban J connectivity index is 1.43. The summed E-state index contributed by atoms with van der Waals surface area (Å²) in [6, 6.07) is 6.70. The van der Waals surface area contributed by atoms with Gasteiger partial charge in [-0.05, 0) is 42.7 Å². The number of piperazine rings is 1. The first-order valence-corrected chi connectivity index (χ1v) is 15.0. The molecule has 2 saturated heterocycles. The fourth-order valence-electron chi connectivity index (χ4n) is 6.63. The van der Waals surface area contributed by atoms with Crippen molar-refractivity contribution < 1.29 is 22.4 Å². The number of hydrogen-bond acceptors (Lipinski definition) is 6. The maximum Gasteiger partial charge on any atom is 0.417 e. The second-order valence-corrected chi connectivity index (χ2v) is 12.8. The first-order chi connectivity index (χ1) is 20.1. The number of amides is 1. The van der Waals surface area contributed by atoms with Crippen LogP contribution in [0.5, 0.6) is 0 Å². The van der Waals surface area contributed by atoms with Crippen LogP contribution < -0.4 is 10.6 Å². The number of anilines is 1. The van der Waals surface area contributed by atoms with Gasteiger partial charge in [0, 0.05) is 78.9 Å². The van der Waals surface area contributed by atoms with Crippen molar-refractivity contribution in [3.05, 3.63) is 64.9 Å². The normalized spacial score (nSPS) is 20.5. The molecule has 1 aliphatic carbocycles. The Hall–Kier alpha value is -3.38. The van der Waals surface area contributed by atoms with Gasteiger partial charge in [0.15, 0.2) is 0 Å². The van der Waals surface area contributed by atoms with Gasteiger partial charge in [0.25, 0.3) is 0 Å². The Morgan fingerprint density at radius 3 is 2.38 bits per heavy atom. The SMILES string of the molecule is C=CC(=O)N1CCN(c2nc(=O)n3c4c(c(-c5ccc(F)cc5)c(C(F)(F)F)cc24)SCC2(CN(C4CC4)C2)C3)CC1. The lowest BCUT2D eigenvalue weighted by Gasteiger charge is -2.50. The second kappa shape index (κ2) is 9.84. The zero-order chi connectivity index (χ0) is 29.4. The first kappa shape index (κ1) is 27.5. The Bertz CT molecular complexity index is 1650. The molecule has 3 fully saturated rings. The molecule has 0 radical (unpaired) electrons.